The predicted molar refractivity (Wildman–Crippen MR) is 92.4 cm³/mol. The van der Waals surface area contributed by atoms with Crippen molar-refractivity contribution < 1.29 is 9.53 Å². The summed E-state index contributed by atoms with van der Waals surface area (Å²) in [6.45, 7) is 3.89. The molecule has 0 aromatic heterocycles. The van der Waals surface area contributed by atoms with Crippen LogP contribution in [0.4, 0.5) is 5.69 Å². The molecule has 22 heavy (non-hydrogen) atoms. The van der Waals surface area contributed by atoms with Crippen LogP contribution in [0.25, 0.3) is 0 Å². The number of amides is 1. The lowest BCUT2D eigenvalue weighted by atomic mass is 10.1. The number of hydrogen-bond donors (Lipinski definition) is 2. The molecule has 0 saturated carbocycles. The molecule has 0 heterocycles. The molecule has 0 radical (unpaired) electrons. The first kappa shape index (κ1) is 16.0. The number of rotatable bonds is 5. The molecule has 0 bridgehead atoms. The average molecular weight is 314 g/mol. The molecule has 0 aliphatic heterocycles. The third kappa shape index (κ3) is 4.30. The highest BCUT2D eigenvalue weighted by Crippen LogP contribution is 2.19. The molecule has 0 aliphatic carbocycles. The van der Waals surface area contributed by atoms with Gasteiger partial charge in [0.1, 0.15) is 10.7 Å². The molecule has 114 valence electrons. The summed E-state index contributed by atoms with van der Waals surface area (Å²) in [4.78, 5) is 12.2. The van der Waals surface area contributed by atoms with Crippen molar-refractivity contribution >= 4 is 28.8 Å². The second-order valence-corrected chi connectivity index (χ2v) is 5.49. The van der Waals surface area contributed by atoms with Gasteiger partial charge in [0.25, 0.3) is 5.91 Å². The maximum atomic E-state index is 11.9. The average Bonchev–Trinajstić information content (AvgIpc) is 2.49. The molecular weight excluding hydrogens is 296 g/mol. The molecular formula is C17H18N2O2S. The number of anilines is 1. The Morgan fingerprint density at radius 2 is 1.86 bits per heavy atom. The Labute approximate surface area is 135 Å². The molecule has 2 aromatic rings. The monoisotopic (exact) mass is 314 g/mol. The Kier molecular flexibility index (Phi) is 5.12. The van der Waals surface area contributed by atoms with Crippen LogP contribution in [-0.4, -0.2) is 17.5 Å². The fourth-order valence-corrected chi connectivity index (χ4v) is 2.06. The van der Waals surface area contributed by atoms with Crippen LogP contribution < -0.4 is 15.8 Å². The van der Waals surface area contributed by atoms with Crippen molar-refractivity contribution in [2.24, 2.45) is 5.73 Å². The standard InChI is InChI=1S/C17H18N2O2S/c1-11-3-4-12(2)15(9-11)21-10-16(20)19-14-7-5-13(6-8-14)17(18)22/h3-9H,10H2,1-2H3,(H2,18,22)(H,19,20). The van der Waals surface area contributed by atoms with Crippen molar-refractivity contribution in [3.8, 4) is 5.75 Å². The summed E-state index contributed by atoms with van der Waals surface area (Å²) < 4.78 is 5.56. The van der Waals surface area contributed by atoms with Crippen LogP contribution in [-0.2, 0) is 4.79 Å². The van der Waals surface area contributed by atoms with E-state index in [0.717, 1.165) is 22.4 Å². The minimum absolute atomic E-state index is 0.0403. The van der Waals surface area contributed by atoms with E-state index in [4.69, 9.17) is 22.7 Å². The number of carbonyl (C=O) groups is 1. The first-order valence-electron chi connectivity index (χ1n) is 6.85. The first-order valence-corrected chi connectivity index (χ1v) is 7.26. The highest BCUT2D eigenvalue weighted by molar-refractivity contribution is 7.80. The number of thiocarbonyl (C=S) groups is 1. The maximum absolute atomic E-state index is 11.9. The van der Waals surface area contributed by atoms with Crippen LogP contribution >= 0.6 is 12.2 Å². The topological polar surface area (TPSA) is 64.3 Å². The highest BCUT2D eigenvalue weighted by Gasteiger charge is 2.06. The van der Waals surface area contributed by atoms with E-state index in [1.165, 1.54) is 0 Å². The van der Waals surface area contributed by atoms with Gasteiger partial charge in [0.2, 0.25) is 0 Å². The zero-order valence-electron chi connectivity index (χ0n) is 12.6. The van der Waals surface area contributed by atoms with E-state index in [1.807, 2.05) is 32.0 Å². The van der Waals surface area contributed by atoms with E-state index in [1.54, 1.807) is 24.3 Å². The molecule has 3 N–H and O–H groups in total. The van der Waals surface area contributed by atoms with E-state index in [9.17, 15) is 4.79 Å². The Bertz CT molecular complexity index is 696. The van der Waals surface area contributed by atoms with E-state index >= 15 is 0 Å². The predicted octanol–water partition coefficient (Wildman–Crippen LogP) is 2.96. The zero-order valence-corrected chi connectivity index (χ0v) is 13.4. The molecule has 5 heteroatoms. The lowest BCUT2D eigenvalue weighted by Crippen LogP contribution is -2.20. The van der Waals surface area contributed by atoms with Gasteiger partial charge < -0.3 is 15.8 Å². The van der Waals surface area contributed by atoms with Crippen molar-refractivity contribution in [3.05, 3.63) is 59.2 Å². The Balaban J connectivity index is 1.92. The molecule has 0 spiro atoms. The maximum Gasteiger partial charge on any atom is 0.262 e. The fraction of sp³-hybridized carbons (Fsp3) is 0.176. The first-order chi connectivity index (χ1) is 10.5. The highest BCUT2D eigenvalue weighted by atomic mass is 32.1. The van der Waals surface area contributed by atoms with Crippen LogP contribution in [0.15, 0.2) is 42.5 Å². The normalized spacial score (nSPS) is 10.1. The van der Waals surface area contributed by atoms with Gasteiger partial charge in [-0.3, -0.25) is 4.79 Å². The van der Waals surface area contributed by atoms with Crippen molar-refractivity contribution in [1.82, 2.24) is 0 Å². The van der Waals surface area contributed by atoms with Crippen LogP contribution in [0.2, 0.25) is 0 Å². The number of nitrogens with one attached hydrogen (secondary N) is 1. The summed E-state index contributed by atoms with van der Waals surface area (Å²) in [6.07, 6.45) is 0. The SMILES string of the molecule is Cc1ccc(C)c(OCC(=O)Nc2ccc(C(N)=S)cc2)c1. The number of ether oxygens (including phenoxy) is 1. The third-order valence-electron chi connectivity index (χ3n) is 3.16. The number of benzene rings is 2. The lowest BCUT2D eigenvalue weighted by molar-refractivity contribution is -0.118. The quantitative estimate of drug-likeness (QED) is 0.833. The van der Waals surface area contributed by atoms with E-state index in [0.29, 0.717) is 10.7 Å². The van der Waals surface area contributed by atoms with Crippen LogP contribution in [0, 0.1) is 13.8 Å². The second-order valence-electron chi connectivity index (χ2n) is 5.05. The zero-order chi connectivity index (χ0) is 16.1. The molecule has 0 aliphatic rings. The van der Waals surface area contributed by atoms with Crippen molar-refractivity contribution in [1.29, 1.82) is 0 Å². The van der Waals surface area contributed by atoms with Gasteiger partial charge >= 0.3 is 0 Å². The molecule has 2 aromatic carbocycles. The van der Waals surface area contributed by atoms with Gasteiger partial charge in [0, 0.05) is 11.3 Å². The van der Waals surface area contributed by atoms with Crippen molar-refractivity contribution in [3.63, 3.8) is 0 Å². The summed E-state index contributed by atoms with van der Waals surface area (Å²) in [7, 11) is 0. The molecule has 1 amide bonds. The largest absolute Gasteiger partial charge is 0.483 e. The van der Waals surface area contributed by atoms with Crippen LogP contribution in [0.1, 0.15) is 16.7 Å². The smallest absolute Gasteiger partial charge is 0.262 e. The molecule has 0 unspecified atom stereocenters. The minimum Gasteiger partial charge on any atom is -0.483 e. The number of aryl methyl sites for hydroxylation is 2. The van der Waals surface area contributed by atoms with Gasteiger partial charge in [-0.15, -0.1) is 0 Å². The number of carbonyl (C=O) groups excluding carboxylic acids is 1. The van der Waals surface area contributed by atoms with E-state index in [-0.39, 0.29) is 12.5 Å². The molecule has 0 atom stereocenters. The minimum atomic E-state index is -0.219. The van der Waals surface area contributed by atoms with Gasteiger partial charge in [-0.05, 0) is 55.3 Å². The van der Waals surface area contributed by atoms with E-state index < -0.39 is 0 Å². The lowest BCUT2D eigenvalue weighted by Gasteiger charge is -2.10. The van der Waals surface area contributed by atoms with E-state index in [2.05, 4.69) is 5.32 Å². The van der Waals surface area contributed by atoms with Gasteiger partial charge in [0.15, 0.2) is 6.61 Å². The summed E-state index contributed by atoms with van der Waals surface area (Å²) in [6, 6.07) is 12.9. The van der Waals surface area contributed by atoms with Gasteiger partial charge in [0.05, 0.1) is 0 Å². The molecule has 4 nitrogen and oxygen atoms in total. The Hall–Kier alpha value is -2.40. The number of nitrogens with two attached hydrogens (primary N) is 1. The molecule has 0 fully saturated rings. The molecule has 0 saturated heterocycles. The Morgan fingerprint density at radius 3 is 2.50 bits per heavy atom. The van der Waals surface area contributed by atoms with Gasteiger partial charge in [-0.1, -0.05) is 24.4 Å². The van der Waals surface area contributed by atoms with Gasteiger partial charge in [-0.25, -0.2) is 0 Å². The summed E-state index contributed by atoms with van der Waals surface area (Å²) in [5.74, 6) is 0.503. The van der Waals surface area contributed by atoms with Crippen LogP contribution in [0.3, 0.4) is 0 Å². The summed E-state index contributed by atoms with van der Waals surface area (Å²) in [5, 5.41) is 2.76. The molecule has 2 rings (SSSR count). The third-order valence-corrected chi connectivity index (χ3v) is 3.39. The van der Waals surface area contributed by atoms with Crippen molar-refractivity contribution in [2.75, 3.05) is 11.9 Å². The Morgan fingerprint density at radius 1 is 1.18 bits per heavy atom. The van der Waals surface area contributed by atoms with Gasteiger partial charge in [-0.2, -0.15) is 0 Å². The van der Waals surface area contributed by atoms with Crippen LogP contribution in [0.5, 0.6) is 5.75 Å². The summed E-state index contributed by atoms with van der Waals surface area (Å²) >= 11 is 4.88. The fourth-order valence-electron chi connectivity index (χ4n) is 1.92. The second kappa shape index (κ2) is 7.04. The summed E-state index contributed by atoms with van der Waals surface area (Å²) in [5.41, 5.74) is 9.06. The number of hydrogen-bond acceptors (Lipinski definition) is 3. The van der Waals surface area contributed by atoms with Crippen molar-refractivity contribution in [2.45, 2.75) is 13.8 Å².